The highest BCUT2D eigenvalue weighted by Gasteiger charge is 1.97. The Morgan fingerprint density at radius 2 is 2.62 bits per heavy atom. The number of nitrogens with one attached hydrogen (secondary N) is 2. The van der Waals surface area contributed by atoms with Crippen molar-refractivity contribution < 1.29 is 0 Å². The molecular weight excluding hydrogens is 242 g/mol. The number of aromatic nitrogens is 1. The third-order valence-electron chi connectivity index (χ3n) is 1.65. The van der Waals surface area contributed by atoms with E-state index in [9.17, 15) is 0 Å². The Labute approximate surface area is 103 Å². The third-order valence-corrected chi connectivity index (χ3v) is 3.58. The van der Waals surface area contributed by atoms with Crippen molar-refractivity contribution in [2.45, 2.75) is 5.75 Å². The topological polar surface area (TPSA) is 73.1 Å². The van der Waals surface area contributed by atoms with Crippen LogP contribution in [-0.4, -0.2) is 30.3 Å². The van der Waals surface area contributed by atoms with Gasteiger partial charge in [-0.25, -0.2) is 4.98 Å². The van der Waals surface area contributed by atoms with Gasteiger partial charge in [-0.1, -0.05) is 0 Å². The second-order valence-electron chi connectivity index (χ2n) is 2.71. The number of nitriles is 1. The van der Waals surface area contributed by atoms with Gasteiger partial charge in [0.15, 0.2) is 6.19 Å². The molecule has 2 N–H and O–H groups in total. The fourth-order valence-corrected chi connectivity index (χ4v) is 2.52. The van der Waals surface area contributed by atoms with Crippen LogP contribution in [0.5, 0.6) is 0 Å². The summed E-state index contributed by atoms with van der Waals surface area (Å²) in [4.78, 5) is 8.07. The largest absolute Gasteiger partial charge is 0.355 e. The van der Waals surface area contributed by atoms with E-state index in [1.807, 2.05) is 17.8 Å². The Kier molecular flexibility index (Phi) is 6.37. The van der Waals surface area contributed by atoms with E-state index in [4.69, 9.17) is 5.26 Å². The summed E-state index contributed by atoms with van der Waals surface area (Å²) in [5.74, 6) is 2.40. The van der Waals surface area contributed by atoms with Crippen LogP contribution < -0.4 is 10.6 Å². The van der Waals surface area contributed by atoms with E-state index < -0.39 is 0 Å². The summed E-state index contributed by atoms with van der Waals surface area (Å²) in [6.45, 7) is 0.775. The van der Waals surface area contributed by atoms with Crippen LogP contribution in [0.3, 0.4) is 0 Å². The first-order chi connectivity index (χ1) is 7.86. The lowest BCUT2D eigenvalue weighted by molar-refractivity contribution is 0.931. The Morgan fingerprint density at radius 3 is 3.25 bits per heavy atom. The molecule has 0 spiro atoms. The van der Waals surface area contributed by atoms with Crippen molar-refractivity contribution in [3.05, 3.63) is 16.6 Å². The van der Waals surface area contributed by atoms with Crippen LogP contribution in [0.4, 0.5) is 0 Å². The van der Waals surface area contributed by atoms with Crippen LogP contribution in [0, 0.1) is 11.5 Å². The van der Waals surface area contributed by atoms with Gasteiger partial charge in [0.25, 0.3) is 0 Å². The molecule has 0 aromatic carbocycles. The molecular formula is C9H13N5S2. The number of guanidine groups is 1. The van der Waals surface area contributed by atoms with E-state index >= 15 is 0 Å². The number of rotatable bonds is 5. The van der Waals surface area contributed by atoms with Gasteiger partial charge in [-0.05, 0) is 0 Å². The van der Waals surface area contributed by atoms with Crippen LogP contribution in [0.15, 0.2) is 16.6 Å². The zero-order chi connectivity index (χ0) is 11.6. The first-order valence-corrected chi connectivity index (χ1v) is 6.72. The van der Waals surface area contributed by atoms with Gasteiger partial charge in [0.05, 0.1) is 0 Å². The average Bonchev–Trinajstić information content (AvgIpc) is 2.80. The molecule has 16 heavy (non-hydrogen) atoms. The van der Waals surface area contributed by atoms with Crippen molar-refractivity contribution in [3.8, 4) is 6.19 Å². The van der Waals surface area contributed by atoms with Crippen molar-refractivity contribution >= 4 is 29.1 Å². The van der Waals surface area contributed by atoms with Gasteiger partial charge >= 0.3 is 0 Å². The lowest BCUT2D eigenvalue weighted by atomic mass is 10.7. The number of thioether (sulfide) groups is 1. The smallest absolute Gasteiger partial charge is 0.204 e. The van der Waals surface area contributed by atoms with Crippen molar-refractivity contribution in [1.29, 1.82) is 5.26 Å². The molecule has 7 heteroatoms. The predicted octanol–water partition coefficient (Wildman–Crippen LogP) is 1.02. The summed E-state index contributed by atoms with van der Waals surface area (Å²) < 4.78 is 0. The van der Waals surface area contributed by atoms with Gasteiger partial charge in [-0.3, -0.25) is 10.3 Å². The summed E-state index contributed by atoms with van der Waals surface area (Å²) in [5, 5.41) is 17.0. The molecule has 86 valence electrons. The zero-order valence-corrected chi connectivity index (χ0v) is 10.6. The highest BCUT2D eigenvalue weighted by Crippen LogP contribution is 2.13. The lowest BCUT2D eigenvalue weighted by Crippen LogP contribution is -2.35. The second-order valence-corrected chi connectivity index (χ2v) is 4.80. The van der Waals surface area contributed by atoms with Crippen molar-refractivity contribution in [2.24, 2.45) is 4.99 Å². The quantitative estimate of drug-likeness (QED) is 0.270. The van der Waals surface area contributed by atoms with Gasteiger partial charge in [-0.15, -0.1) is 11.3 Å². The minimum absolute atomic E-state index is 0.511. The second kappa shape index (κ2) is 7.96. The Hall–Kier alpha value is -1.26. The van der Waals surface area contributed by atoms with E-state index in [0.29, 0.717) is 5.96 Å². The van der Waals surface area contributed by atoms with Gasteiger partial charge in [0.1, 0.15) is 5.01 Å². The van der Waals surface area contributed by atoms with Crippen LogP contribution in [0.2, 0.25) is 0 Å². The molecule has 0 saturated carbocycles. The van der Waals surface area contributed by atoms with Crippen LogP contribution >= 0.6 is 23.1 Å². The van der Waals surface area contributed by atoms with E-state index in [1.54, 1.807) is 30.1 Å². The Balaban J connectivity index is 2.06. The molecule has 0 bridgehead atoms. The standard InChI is InChI=1S/C9H13N5S2/c1-11-9(14-7-10)13-2-4-15-6-8-12-3-5-16-8/h3,5H,2,4,6H2,1H3,(H2,11,13,14). The van der Waals surface area contributed by atoms with Crippen LogP contribution in [-0.2, 0) is 5.75 Å². The van der Waals surface area contributed by atoms with Gasteiger partial charge in [-0.2, -0.15) is 17.0 Å². The van der Waals surface area contributed by atoms with E-state index in [2.05, 4.69) is 20.6 Å². The van der Waals surface area contributed by atoms with E-state index in [0.717, 1.165) is 23.1 Å². The molecule has 1 aromatic rings. The third kappa shape index (κ3) is 5.00. The first kappa shape index (κ1) is 12.8. The van der Waals surface area contributed by atoms with Gasteiger partial charge < -0.3 is 5.32 Å². The summed E-state index contributed by atoms with van der Waals surface area (Å²) in [6, 6.07) is 0. The maximum Gasteiger partial charge on any atom is 0.204 e. The summed E-state index contributed by atoms with van der Waals surface area (Å²) in [6.07, 6.45) is 3.64. The van der Waals surface area contributed by atoms with Crippen molar-refractivity contribution in [1.82, 2.24) is 15.6 Å². The molecule has 0 aliphatic carbocycles. The Morgan fingerprint density at radius 1 is 1.75 bits per heavy atom. The van der Waals surface area contributed by atoms with Gasteiger partial charge in [0, 0.05) is 36.7 Å². The maximum atomic E-state index is 8.40. The molecule has 0 fully saturated rings. The van der Waals surface area contributed by atoms with Crippen LogP contribution in [0.1, 0.15) is 5.01 Å². The Bertz CT molecular complexity index is 354. The zero-order valence-electron chi connectivity index (χ0n) is 8.93. The monoisotopic (exact) mass is 255 g/mol. The molecule has 0 amide bonds. The molecule has 0 saturated heterocycles. The fraction of sp³-hybridized carbons (Fsp3) is 0.444. The molecule has 1 aromatic heterocycles. The number of thiazole rings is 1. The minimum Gasteiger partial charge on any atom is -0.355 e. The molecule has 1 rings (SSSR count). The number of hydrogen-bond donors (Lipinski definition) is 2. The first-order valence-electron chi connectivity index (χ1n) is 4.68. The highest BCUT2D eigenvalue weighted by atomic mass is 32.2. The van der Waals surface area contributed by atoms with E-state index in [1.165, 1.54) is 0 Å². The molecule has 1 heterocycles. The molecule has 5 nitrogen and oxygen atoms in total. The SMILES string of the molecule is CN=C(NC#N)NCCSCc1nccs1. The highest BCUT2D eigenvalue weighted by molar-refractivity contribution is 7.98. The molecule has 0 atom stereocenters. The van der Waals surface area contributed by atoms with E-state index in [-0.39, 0.29) is 0 Å². The lowest BCUT2D eigenvalue weighted by Gasteiger charge is -2.05. The molecule has 0 radical (unpaired) electrons. The summed E-state index contributed by atoms with van der Waals surface area (Å²) >= 11 is 3.47. The average molecular weight is 255 g/mol. The minimum atomic E-state index is 0.511. The molecule has 0 aliphatic heterocycles. The number of nitrogens with zero attached hydrogens (tertiary/aromatic N) is 3. The van der Waals surface area contributed by atoms with Crippen LogP contribution in [0.25, 0.3) is 0 Å². The fourth-order valence-electron chi connectivity index (χ4n) is 0.957. The summed E-state index contributed by atoms with van der Waals surface area (Å²) in [7, 11) is 1.63. The normalized spacial score (nSPS) is 10.9. The number of aliphatic imine (C=N–C) groups is 1. The molecule has 0 aliphatic rings. The van der Waals surface area contributed by atoms with Gasteiger partial charge in [0.2, 0.25) is 5.96 Å². The summed E-state index contributed by atoms with van der Waals surface area (Å²) in [5.41, 5.74) is 0. The molecule has 0 unspecified atom stereocenters. The maximum absolute atomic E-state index is 8.40. The van der Waals surface area contributed by atoms with Crippen molar-refractivity contribution in [2.75, 3.05) is 19.3 Å². The number of hydrogen-bond acceptors (Lipinski definition) is 5. The predicted molar refractivity (Wildman–Crippen MR) is 68.4 cm³/mol. The van der Waals surface area contributed by atoms with Crippen molar-refractivity contribution in [3.63, 3.8) is 0 Å².